The summed E-state index contributed by atoms with van der Waals surface area (Å²) in [5.41, 5.74) is 1.16. The molecular weight excluding hydrogens is 304 g/mol. The summed E-state index contributed by atoms with van der Waals surface area (Å²) in [6.45, 7) is 6.87. The van der Waals surface area contributed by atoms with Crippen LogP contribution in [0.4, 0.5) is 5.69 Å². The number of hydrogen-bond acceptors (Lipinski definition) is 5. The first-order valence-corrected chi connectivity index (χ1v) is 7.50. The van der Waals surface area contributed by atoms with Crippen molar-refractivity contribution in [3.8, 4) is 5.75 Å². The molecule has 5 nitrogen and oxygen atoms in total. The minimum Gasteiger partial charge on any atom is -0.489 e. The SMILES string of the molecule is CCN(CC)c1cccc(O[C@@H]2CN[C@H](C(=O)OC)C2)c1.Cl. The summed E-state index contributed by atoms with van der Waals surface area (Å²) in [5, 5.41) is 3.13. The van der Waals surface area contributed by atoms with Crippen LogP contribution in [0.3, 0.4) is 0 Å². The molecule has 1 aromatic carbocycles. The van der Waals surface area contributed by atoms with Crippen LogP contribution in [0.15, 0.2) is 24.3 Å². The van der Waals surface area contributed by atoms with E-state index in [4.69, 9.17) is 9.47 Å². The third-order valence-electron chi connectivity index (χ3n) is 3.83. The summed E-state index contributed by atoms with van der Waals surface area (Å²) < 4.78 is 10.7. The lowest BCUT2D eigenvalue weighted by molar-refractivity contribution is -0.142. The van der Waals surface area contributed by atoms with Gasteiger partial charge in [0.25, 0.3) is 0 Å². The smallest absolute Gasteiger partial charge is 0.323 e. The van der Waals surface area contributed by atoms with Crippen LogP contribution < -0.4 is 15.0 Å². The maximum atomic E-state index is 11.5. The Balaban J connectivity index is 0.00000242. The van der Waals surface area contributed by atoms with Gasteiger partial charge in [0.15, 0.2) is 0 Å². The van der Waals surface area contributed by atoms with Crippen LogP contribution in [0.5, 0.6) is 5.75 Å². The van der Waals surface area contributed by atoms with Gasteiger partial charge in [-0.25, -0.2) is 0 Å². The van der Waals surface area contributed by atoms with E-state index >= 15 is 0 Å². The first-order chi connectivity index (χ1) is 10.2. The van der Waals surface area contributed by atoms with Crippen molar-refractivity contribution in [1.82, 2.24) is 5.32 Å². The molecule has 1 aliphatic rings. The van der Waals surface area contributed by atoms with Crippen LogP contribution in [0.1, 0.15) is 20.3 Å². The number of anilines is 1. The molecule has 1 N–H and O–H groups in total. The highest BCUT2D eigenvalue weighted by atomic mass is 35.5. The normalized spacial score (nSPS) is 20.1. The average Bonchev–Trinajstić information content (AvgIpc) is 2.96. The molecule has 0 saturated carbocycles. The first kappa shape index (κ1) is 18.6. The van der Waals surface area contributed by atoms with Gasteiger partial charge in [-0.15, -0.1) is 12.4 Å². The zero-order valence-corrected chi connectivity index (χ0v) is 14.2. The molecule has 0 spiro atoms. The van der Waals surface area contributed by atoms with Gasteiger partial charge in [-0.1, -0.05) is 6.07 Å². The van der Waals surface area contributed by atoms with Crippen molar-refractivity contribution in [3.05, 3.63) is 24.3 Å². The van der Waals surface area contributed by atoms with Crippen LogP contribution in [0.2, 0.25) is 0 Å². The minimum atomic E-state index is -0.258. The van der Waals surface area contributed by atoms with Crippen molar-refractivity contribution in [2.75, 3.05) is 31.6 Å². The predicted octanol–water partition coefficient (Wildman–Crippen LogP) is 2.24. The maximum Gasteiger partial charge on any atom is 0.323 e. The van der Waals surface area contributed by atoms with Gasteiger partial charge in [-0.3, -0.25) is 4.79 Å². The van der Waals surface area contributed by atoms with Crippen LogP contribution >= 0.6 is 12.4 Å². The summed E-state index contributed by atoms with van der Waals surface area (Å²) in [6.07, 6.45) is 0.642. The van der Waals surface area contributed by atoms with E-state index in [0.29, 0.717) is 13.0 Å². The van der Waals surface area contributed by atoms with E-state index in [2.05, 4.69) is 36.2 Å². The van der Waals surface area contributed by atoms with E-state index in [1.54, 1.807) is 0 Å². The van der Waals surface area contributed by atoms with Crippen molar-refractivity contribution in [3.63, 3.8) is 0 Å². The fourth-order valence-corrected chi connectivity index (χ4v) is 2.65. The second-order valence-electron chi connectivity index (χ2n) is 5.13. The Bertz CT molecular complexity index is 480. The number of nitrogens with zero attached hydrogens (tertiary/aromatic N) is 1. The molecule has 0 aliphatic carbocycles. The molecule has 6 heteroatoms. The fourth-order valence-electron chi connectivity index (χ4n) is 2.65. The first-order valence-electron chi connectivity index (χ1n) is 7.50. The highest BCUT2D eigenvalue weighted by Gasteiger charge is 2.31. The Morgan fingerprint density at radius 1 is 1.36 bits per heavy atom. The van der Waals surface area contributed by atoms with E-state index in [9.17, 15) is 4.79 Å². The number of benzene rings is 1. The van der Waals surface area contributed by atoms with Gasteiger partial charge in [-0.2, -0.15) is 0 Å². The largest absolute Gasteiger partial charge is 0.489 e. The molecule has 1 aromatic rings. The van der Waals surface area contributed by atoms with Crippen LogP contribution in [-0.4, -0.2) is 44.9 Å². The molecule has 2 atom stereocenters. The molecule has 0 radical (unpaired) electrons. The quantitative estimate of drug-likeness (QED) is 0.812. The molecule has 1 aliphatic heterocycles. The number of hydrogen-bond donors (Lipinski definition) is 1. The molecule has 0 bridgehead atoms. The number of carbonyl (C=O) groups is 1. The van der Waals surface area contributed by atoms with Crippen LogP contribution in [0.25, 0.3) is 0 Å². The van der Waals surface area contributed by atoms with Crippen LogP contribution in [0, 0.1) is 0 Å². The lowest BCUT2D eigenvalue weighted by Gasteiger charge is -2.22. The number of methoxy groups -OCH3 is 1. The Morgan fingerprint density at radius 3 is 2.73 bits per heavy atom. The molecule has 1 saturated heterocycles. The number of esters is 1. The van der Waals surface area contributed by atoms with E-state index in [1.165, 1.54) is 7.11 Å². The van der Waals surface area contributed by atoms with Crippen molar-refractivity contribution in [2.45, 2.75) is 32.4 Å². The molecule has 22 heavy (non-hydrogen) atoms. The Kier molecular flexibility index (Phi) is 7.48. The average molecular weight is 329 g/mol. The van der Waals surface area contributed by atoms with Crippen molar-refractivity contribution in [2.24, 2.45) is 0 Å². The van der Waals surface area contributed by atoms with E-state index in [1.807, 2.05) is 12.1 Å². The van der Waals surface area contributed by atoms with Gasteiger partial charge < -0.3 is 19.7 Å². The van der Waals surface area contributed by atoms with Crippen molar-refractivity contribution in [1.29, 1.82) is 0 Å². The molecule has 0 aromatic heterocycles. The summed E-state index contributed by atoms with van der Waals surface area (Å²) in [4.78, 5) is 13.8. The van der Waals surface area contributed by atoms with Gasteiger partial charge in [0.05, 0.1) is 7.11 Å². The molecule has 124 valence electrons. The maximum absolute atomic E-state index is 11.5. The van der Waals surface area contributed by atoms with E-state index in [-0.39, 0.29) is 30.5 Å². The van der Waals surface area contributed by atoms with Crippen molar-refractivity contribution < 1.29 is 14.3 Å². The molecule has 2 rings (SSSR count). The lowest BCUT2D eigenvalue weighted by atomic mass is 10.2. The number of ether oxygens (including phenoxy) is 2. The highest BCUT2D eigenvalue weighted by molar-refractivity contribution is 5.85. The third kappa shape index (κ3) is 4.52. The minimum absolute atomic E-state index is 0. The summed E-state index contributed by atoms with van der Waals surface area (Å²) >= 11 is 0. The molecule has 0 amide bonds. The Labute approximate surface area is 138 Å². The summed E-state index contributed by atoms with van der Waals surface area (Å²) in [7, 11) is 1.41. The zero-order chi connectivity index (χ0) is 15.2. The van der Waals surface area contributed by atoms with Gasteiger partial charge >= 0.3 is 5.97 Å². The van der Waals surface area contributed by atoms with Crippen molar-refractivity contribution >= 4 is 24.1 Å². The number of halogens is 1. The molecule has 0 unspecified atom stereocenters. The van der Waals surface area contributed by atoms with E-state index in [0.717, 1.165) is 24.5 Å². The number of rotatable bonds is 6. The predicted molar refractivity (Wildman–Crippen MR) is 90.1 cm³/mol. The fraction of sp³-hybridized carbons (Fsp3) is 0.562. The Hall–Kier alpha value is -1.46. The monoisotopic (exact) mass is 328 g/mol. The topological polar surface area (TPSA) is 50.8 Å². The molecular formula is C16H25ClN2O3. The zero-order valence-electron chi connectivity index (χ0n) is 13.4. The van der Waals surface area contributed by atoms with Gasteiger partial charge in [0, 0.05) is 37.8 Å². The highest BCUT2D eigenvalue weighted by Crippen LogP contribution is 2.23. The summed E-state index contributed by atoms with van der Waals surface area (Å²) in [6, 6.07) is 7.84. The number of nitrogens with one attached hydrogen (secondary N) is 1. The Morgan fingerprint density at radius 2 is 2.09 bits per heavy atom. The third-order valence-corrected chi connectivity index (χ3v) is 3.83. The van der Waals surface area contributed by atoms with Gasteiger partial charge in [0.2, 0.25) is 0 Å². The van der Waals surface area contributed by atoms with Gasteiger partial charge in [-0.05, 0) is 26.0 Å². The second-order valence-corrected chi connectivity index (χ2v) is 5.13. The summed E-state index contributed by atoms with van der Waals surface area (Å²) in [5.74, 6) is 0.620. The van der Waals surface area contributed by atoms with Gasteiger partial charge in [0.1, 0.15) is 17.9 Å². The lowest BCUT2D eigenvalue weighted by Crippen LogP contribution is -2.31. The standard InChI is InChI=1S/C16H24N2O3.ClH/c1-4-18(5-2)12-7-6-8-13(9-12)21-14-10-15(17-11-14)16(19)20-3;/h6-9,14-15,17H,4-5,10-11H2,1-3H3;1H/t14-,15-;/m0./s1. The molecule has 1 heterocycles. The van der Waals surface area contributed by atoms with Crippen LogP contribution in [-0.2, 0) is 9.53 Å². The van der Waals surface area contributed by atoms with E-state index < -0.39 is 0 Å². The molecule has 1 fully saturated rings. The number of carbonyl (C=O) groups excluding carboxylic acids is 1. The second kappa shape index (κ2) is 8.86.